The third kappa shape index (κ3) is 6.62. The minimum absolute atomic E-state index is 0.0933. The third-order valence-corrected chi connectivity index (χ3v) is 7.83. The molecule has 0 saturated carbocycles. The van der Waals surface area contributed by atoms with Crippen molar-refractivity contribution in [1.82, 2.24) is 25.6 Å². The monoisotopic (exact) mass is 521 g/mol. The van der Waals surface area contributed by atoms with Crippen molar-refractivity contribution in [3.8, 4) is 17.1 Å². The van der Waals surface area contributed by atoms with Gasteiger partial charge in [0, 0.05) is 34.8 Å². The molecule has 0 fully saturated rings. The molecule has 0 spiro atoms. The fraction of sp³-hybridized carbons (Fsp3) is 0.296. The van der Waals surface area contributed by atoms with Gasteiger partial charge in [-0.3, -0.25) is 19.9 Å². The zero-order valence-corrected chi connectivity index (χ0v) is 22.6. The van der Waals surface area contributed by atoms with E-state index in [2.05, 4.69) is 31.7 Å². The first-order valence-electron chi connectivity index (χ1n) is 11.9. The highest BCUT2D eigenvalue weighted by Crippen LogP contribution is 2.39. The number of imide groups is 1. The summed E-state index contributed by atoms with van der Waals surface area (Å²) < 4.78 is 5.05. The smallest absolute Gasteiger partial charge is 0.321 e. The number of aromatic amines is 1. The van der Waals surface area contributed by atoms with Gasteiger partial charge in [0.05, 0.1) is 18.2 Å². The number of urea groups is 1. The number of Topliss-reactive ketones (excluding diaryl/α,β-unsaturated/α-hetero) is 1. The lowest BCUT2D eigenvalue weighted by atomic mass is 9.97. The molecule has 4 aromatic rings. The lowest BCUT2D eigenvalue weighted by Crippen LogP contribution is -2.47. The summed E-state index contributed by atoms with van der Waals surface area (Å²) in [5.41, 5.74) is 3.16. The molecule has 9 nitrogen and oxygen atoms in total. The van der Waals surface area contributed by atoms with Crippen molar-refractivity contribution in [2.24, 2.45) is 0 Å². The van der Waals surface area contributed by atoms with Gasteiger partial charge in [-0.15, -0.1) is 8.19 Å². The molecule has 3 aromatic heterocycles. The van der Waals surface area contributed by atoms with E-state index < -0.39 is 11.6 Å². The average molecular weight is 522 g/mol. The summed E-state index contributed by atoms with van der Waals surface area (Å²) in [4.78, 5) is 45.3. The van der Waals surface area contributed by atoms with Gasteiger partial charge >= 0.3 is 6.03 Å². The summed E-state index contributed by atoms with van der Waals surface area (Å²) in [6.45, 7) is 7.56. The predicted octanol–water partition coefficient (Wildman–Crippen LogP) is 5.20. The second-order valence-electron chi connectivity index (χ2n) is 8.61. The van der Waals surface area contributed by atoms with Gasteiger partial charge in [0.1, 0.15) is 11.6 Å². The number of carbonyl (C=O) groups is 3. The normalized spacial score (nSPS) is 12.4. The fourth-order valence-electron chi connectivity index (χ4n) is 3.86. The Kier molecular flexibility index (Phi) is 9.20. The summed E-state index contributed by atoms with van der Waals surface area (Å²) in [5, 5.41) is 7.21. The van der Waals surface area contributed by atoms with Crippen molar-refractivity contribution in [2.45, 2.75) is 46.1 Å². The number of ether oxygens (including phenoxy) is 1. The first kappa shape index (κ1) is 27.6. The average Bonchev–Trinajstić information content (AvgIpc) is 3.59. The molecule has 1 aromatic carbocycles. The molecule has 0 radical (unpaired) electrons. The molecule has 3 N–H and O–H groups in total. The molecule has 3 heterocycles. The molecule has 3 amide bonds. The van der Waals surface area contributed by atoms with Crippen molar-refractivity contribution in [3.63, 3.8) is 0 Å². The molecule has 0 aliphatic heterocycles. The largest absolute Gasteiger partial charge is 0.497 e. The number of aryl methyl sites for hydroxylation is 1. The molecule has 0 bridgehead atoms. The lowest BCUT2D eigenvalue weighted by Gasteiger charge is -2.28. The van der Waals surface area contributed by atoms with Gasteiger partial charge in [-0.05, 0) is 61.8 Å². The number of ketones is 1. The molecule has 2 atom stereocenters. The van der Waals surface area contributed by atoms with Gasteiger partial charge in [-0.1, -0.05) is 19.9 Å². The minimum Gasteiger partial charge on any atom is -0.497 e. The van der Waals surface area contributed by atoms with Crippen LogP contribution in [0.15, 0.2) is 48.9 Å². The van der Waals surface area contributed by atoms with Crippen LogP contribution in [0.4, 0.5) is 4.79 Å². The van der Waals surface area contributed by atoms with Gasteiger partial charge in [-0.25, -0.2) is 9.78 Å². The third-order valence-electron chi connectivity index (χ3n) is 6.20. The molecule has 0 aliphatic rings. The van der Waals surface area contributed by atoms with Crippen LogP contribution in [0.5, 0.6) is 5.75 Å². The number of hydrogen-bond acceptors (Lipinski definition) is 6. The number of carbonyl (C=O) groups excluding carboxylic acids is 3. The van der Waals surface area contributed by atoms with Crippen molar-refractivity contribution < 1.29 is 19.1 Å². The number of H-pyrrole nitrogens is 1. The summed E-state index contributed by atoms with van der Waals surface area (Å²) in [6.07, 6.45) is 7.23. The van der Waals surface area contributed by atoms with Crippen LogP contribution in [0.3, 0.4) is 0 Å². The zero-order valence-electron chi connectivity index (χ0n) is 21.6. The Morgan fingerprint density at radius 1 is 1.19 bits per heavy atom. The van der Waals surface area contributed by atoms with Crippen molar-refractivity contribution >= 4 is 37.1 Å². The number of nitrogens with zero attached hydrogens (tertiary/aromatic N) is 2. The maximum atomic E-state index is 11.8. The SMILES string of the molecule is CC[C@](C)(NC(=O)NC=O)c1cc2ncc(-c3ncc[nH]3)cc2[pH]1.CCc1ccc(OC)cc1C(C)=O. The molecule has 4 rings (SSSR count). The zero-order chi connectivity index (χ0) is 27.0. The molecular weight excluding hydrogens is 489 g/mol. The van der Waals surface area contributed by atoms with Crippen LogP contribution in [-0.2, 0) is 16.8 Å². The summed E-state index contributed by atoms with van der Waals surface area (Å²) >= 11 is 0. The van der Waals surface area contributed by atoms with Crippen LogP contribution in [0.2, 0.25) is 0 Å². The van der Waals surface area contributed by atoms with Crippen LogP contribution in [0.25, 0.3) is 22.0 Å². The molecular formula is C27H32N5O4P. The van der Waals surface area contributed by atoms with E-state index in [4.69, 9.17) is 4.74 Å². The summed E-state index contributed by atoms with van der Waals surface area (Å²) in [7, 11) is 2.01. The van der Waals surface area contributed by atoms with Gasteiger partial charge < -0.3 is 15.0 Å². The predicted molar refractivity (Wildman–Crippen MR) is 147 cm³/mol. The van der Waals surface area contributed by atoms with E-state index in [-0.39, 0.29) is 5.78 Å². The molecule has 37 heavy (non-hydrogen) atoms. The number of hydrogen-bond donors (Lipinski definition) is 3. The Hall–Kier alpha value is -3.97. The molecule has 10 heteroatoms. The van der Waals surface area contributed by atoms with Crippen LogP contribution in [0.1, 0.15) is 55.3 Å². The standard InChI is InChI=1S/C16H18N5O2P.C11H14O2/c1-3-16(2,21-15(23)20-9-22)13-7-11-12(24-13)6-10(8-19-11)14-17-4-5-18-14;1-4-9-5-6-10(13-3)7-11(9)8(2)12/h4-9,24H,3H2,1-2H3,(H,17,18)(H2,20,21,22,23);5-7H,4H2,1-3H3/t16-;/m0./s1. The Balaban J connectivity index is 0.000000248. The molecule has 0 saturated heterocycles. The molecule has 194 valence electrons. The van der Waals surface area contributed by atoms with E-state index >= 15 is 0 Å². The van der Waals surface area contributed by atoms with Gasteiger partial charge in [0.2, 0.25) is 6.41 Å². The second kappa shape index (κ2) is 12.3. The first-order valence-corrected chi connectivity index (χ1v) is 12.9. The van der Waals surface area contributed by atoms with E-state index in [0.29, 0.717) is 21.0 Å². The van der Waals surface area contributed by atoms with Crippen molar-refractivity contribution in [2.75, 3.05) is 7.11 Å². The number of benzene rings is 1. The van der Waals surface area contributed by atoms with Crippen LogP contribution < -0.4 is 15.4 Å². The number of fused-ring (bicyclic) bond motifs is 1. The summed E-state index contributed by atoms with van der Waals surface area (Å²) in [5.74, 6) is 1.61. The van der Waals surface area contributed by atoms with Crippen molar-refractivity contribution in [3.05, 3.63) is 65.3 Å². The molecule has 0 aliphatic carbocycles. The second-order valence-corrected chi connectivity index (χ2v) is 9.94. The number of rotatable bonds is 8. The highest BCUT2D eigenvalue weighted by atomic mass is 31.0. The lowest BCUT2D eigenvalue weighted by molar-refractivity contribution is -0.108. The Morgan fingerprint density at radius 3 is 2.57 bits per heavy atom. The number of amides is 3. The van der Waals surface area contributed by atoms with Gasteiger partial charge in [0.25, 0.3) is 0 Å². The number of nitrogens with one attached hydrogen (secondary N) is 3. The van der Waals surface area contributed by atoms with Gasteiger partial charge in [-0.2, -0.15) is 0 Å². The topological polar surface area (TPSA) is 126 Å². The number of methoxy groups -OCH3 is 1. The van der Waals surface area contributed by atoms with E-state index in [0.717, 1.165) is 50.6 Å². The van der Waals surface area contributed by atoms with E-state index in [1.54, 1.807) is 38.7 Å². The Morgan fingerprint density at radius 2 is 1.97 bits per heavy atom. The van der Waals surface area contributed by atoms with Crippen LogP contribution in [-0.4, -0.2) is 40.3 Å². The highest BCUT2D eigenvalue weighted by molar-refractivity contribution is 7.38. The molecule has 1 unspecified atom stereocenters. The first-order chi connectivity index (χ1) is 17.7. The summed E-state index contributed by atoms with van der Waals surface area (Å²) in [6, 6.07) is 9.21. The van der Waals surface area contributed by atoms with E-state index in [1.165, 1.54) is 0 Å². The van der Waals surface area contributed by atoms with Crippen LogP contribution in [0, 0.1) is 0 Å². The number of pyridine rings is 1. The Bertz CT molecular complexity index is 1380. The quantitative estimate of drug-likeness (QED) is 0.216. The number of imidazole rings is 1. The Labute approximate surface area is 217 Å². The van der Waals surface area contributed by atoms with Crippen LogP contribution >= 0.6 is 8.19 Å². The van der Waals surface area contributed by atoms with Crippen molar-refractivity contribution in [1.29, 1.82) is 0 Å². The number of aromatic nitrogens is 3. The maximum absolute atomic E-state index is 11.8. The maximum Gasteiger partial charge on any atom is 0.321 e. The van der Waals surface area contributed by atoms with E-state index in [9.17, 15) is 14.4 Å². The minimum atomic E-state index is -0.531. The fourth-order valence-corrected chi connectivity index (χ4v) is 5.37. The van der Waals surface area contributed by atoms with Gasteiger partial charge in [0.15, 0.2) is 5.78 Å². The van der Waals surface area contributed by atoms with E-state index in [1.807, 2.05) is 39.0 Å². The highest BCUT2D eigenvalue weighted by Gasteiger charge is 2.28.